The van der Waals surface area contributed by atoms with Crippen molar-refractivity contribution in [2.24, 2.45) is 0 Å². The summed E-state index contributed by atoms with van der Waals surface area (Å²) in [5, 5.41) is 11.9. The monoisotopic (exact) mass is 286 g/mol. The van der Waals surface area contributed by atoms with Crippen LogP contribution in [0.1, 0.15) is 45.4 Å². The lowest BCUT2D eigenvalue weighted by atomic mass is 10.0. The molecule has 0 saturated heterocycles. The number of benzene rings is 1. The van der Waals surface area contributed by atoms with Gasteiger partial charge in [0.1, 0.15) is 5.69 Å². The molecule has 0 saturated carbocycles. The van der Waals surface area contributed by atoms with Gasteiger partial charge in [-0.25, -0.2) is 0 Å². The molecule has 0 radical (unpaired) electrons. The highest BCUT2D eigenvalue weighted by Gasteiger charge is 2.16. The van der Waals surface area contributed by atoms with Crippen LogP contribution in [0.3, 0.4) is 0 Å². The zero-order valence-corrected chi connectivity index (χ0v) is 11.6. The van der Waals surface area contributed by atoms with Gasteiger partial charge in [-0.3, -0.25) is 9.59 Å². The minimum atomic E-state index is -0.269. The van der Waals surface area contributed by atoms with Gasteiger partial charge in [0.2, 0.25) is 0 Å². The van der Waals surface area contributed by atoms with Gasteiger partial charge in [0, 0.05) is 6.61 Å². The smallest absolute Gasteiger partial charge is 0.268 e. The zero-order valence-electron chi connectivity index (χ0n) is 11.6. The van der Waals surface area contributed by atoms with E-state index in [1.54, 1.807) is 12.1 Å². The maximum atomic E-state index is 12.2. The Morgan fingerprint density at radius 3 is 2.62 bits per heavy atom. The number of aliphatic hydroxyl groups is 1. The SMILES string of the molecule is O=Cc1ccc(C(=O)NC(CCCO)c2ccccc2)[nH]1. The van der Waals surface area contributed by atoms with Crippen LogP contribution in [0.2, 0.25) is 0 Å². The number of amides is 1. The summed E-state index contributed by atoms with van der Waals surface area (Å²) in [4.78, 5) is 25.6. The summed E-state index contributed by atoms with van der Waals surface area (Å²) in [6, 6.07) is 12.6. The Bertz CT molecular complexity index is 593. The first-order valence-corrected chi connectivity index (χ1v) is 6.85. The van der Waals surface area contributed by atoms with Gasteiger partial charge in [-0.2, -0.15) is 0 Å². The molecule has 1 aromatic carbocycles. The van der Waals surface area contributed by atoms with Gasteiger partial charge in [-0.05, 0) is 30.5 Å². The second-order valence-corrected chi connectivity index (χ2v) is 4.75. The largest absolute Gasteiger partial charge is 0.396 e. The van der Waals surface area contributed by atoms with Gasteiger partial charge in [0.25, 0.3) is 5.91 Å². The predicted octanol–water partition coefficient (Wildman–Crippen LogP) is 2.07. The normalized spacial score (nSPS) is 11.9. The summed E-state index contributed by atoms with van der Waals surface area (Å²) in [5.41, 5.74) is 1.70. The van der Waals surface area contributed by atoms with Crippen LogP contribution >= 0.6 is 0 Å². The molecule has 2 rings (SSSR count). The third-order valence-corrected chi connectivity index (χ3v) is 3.24. The highest BCUT2D eigenvalue weighted by atomic mass is 16.3. The van der Waals surface area contributed by atoms with E-state index in [1.807, 2.05) is 30.3 Å². The van der Waals surface area contributed by atoms with Crippen molar-refractivity contribution in [3.63, 3.8) is 0 Å². The predicted molar refractivity (Wildman–Crippen MR) is 79.1 cm³/mol. The molecule has 1 unspecified atom stereocenters. The van der Waals surface area contributed by atoms with E-state index in [0.717, 1.165) is 5.56 Å². The standard InChI is InChI=1S/C16H18N2O3/c19-10-4-7-14(12-5-2-1-3-6-12)18-16(21)15-9-8-13(11-20)17-15/h1-3,5-6,8-9,11,14,17,19H,4,7,10H2,(H,18,21). The summed E-state index contributed by atoms with van der Waals surface area (Å²) >= 11 is 0. The summed E-state index contributed by atoms with van der Waals surface area (Å²) in [7, 11) is 0. The van der Waals surface area contributed by atoms with Crippen molar-refractivity contribution >= 4 is 12.2 Å². The van der Waals surface area contributed by atoms with Crippen molar-refractivity contribution in [3.8, 4) is 0 Å². The number of nitrogens with one attached hydrogen (secondary N) is 2. The Labute approximate surface area is 123 Å². The van der Waals surface area contributed by atoms with Crippen LogP contribution in [0.25, 0.3) is 0 Å². The van der Waals surface area contributed by atoms with Gasteiger partial charge in [0.15, 0.2) is 6.29 Å². The number of H-pyrrole nitrogens is 1. The third-order valence-electron chi connectivity index (χ3n) is 3.24. The van der Waals surface area contributed by atoms with Crippen molar-refractivity contribution in [1.29, 1.82) is 0 Å². The number of hydrogen-bond donors (Lipinski definition) is 3. The quantitative estimate of drug-likeness (QED) is 0.681. The number of rotatable bonds is 7. The first-order valence-electron chi connectivity index (χ1n) is 6.85. The molecule has 0 aliphatic carbocycles. The van der Waals surface area contributed by atoms with E-state index in [4.69, 9.17) is 5.11 Å². The highest BCUT2D eigenvalue weighted by molar-refractivity contribution is 5.93. The lowest BCUT2D eigenvalue weighted by molar-refractivity contribution is 0.0928. The first kappa shape index (κ1) is 15.0. The summed E-state index contributed by atoms with van der Waals surface area (Å²) in [6.07, 6.45) is 1.91. The minimum absolute atomic E-state index is 0.0804. The van der Waals surface area contributed by atoms with Crippen molar-refractivity contribution < 1.29 is 14.7 Å². The Balaban J connectivity index is 2.10. The van der Waals surface area contributed by atoms with Crippen molar-refractivity contribution in [1.82, 2.24) is 10.3 Å². The van der Waals surface area contributed by atoms with Crippen LogP contribution in [0.5, 0.6) is 0 Å². The van der Waals surface area contributed by atoms with Crippen LogP contribution in [-0.2, 0) is 0 Å². The first-order chi connectivity index (χ1) is 10.2. The Morgan fingerprint density at radius 1 is 1.24 bits per heavy atom. The van der Waals surface area contributed by atoms with Gasteiger partial charge >= 0.3 is 0 Å². The van der Waals surface area contributed by atoms with Crippen molar-refractivity contribution in [3.05, 3.63) is 59.4 Å². The second kappa shape index (κ2) is 7.40. The summed E-state index contributed by atoms with van der Waals surface area (Å²) < 4.78 is 0. The van der Waals surface area contributed by atoms with E-state index >= 15 is 0 Å². The molecular formula is C16H18N2O3. The number of aliphatic hydroxyl groups excluding tert-OH is 1. The van der Waals surface area contributed by atoms with E-state index in [0.29, 0.717) is 30.5 Å². The molecule has 0 bridgehead atoms. The molecule has 3 N–H and O–H groups in total. The molecular weight excluding hydrogens is 268 g/mol. The molecule has 5 heteroatoms. The van der Waals surface area contributed by atoms with Crippen LogP contribution < -0.4 is 5.32 Å². The van der Waals surface area contributed by atoms with Crippen molar-refractivity contribution in [2.45, 2.75) is 18.9 Å². The Hall–Kier alpha value is -2.40. The average Bonchev–Trinajstić information content (AvgIpc) is 3.01. The summed E-state index contributed by atoms with van der Waals surface area (Å²) in [5.74, 6) is -0.269. The number of carbonyl (C=O) groups excluding carboxylic acids is 2. The lowest BCUT2D eigenvalue weighted by Gasteiger charge is -2.18. The molecule has 0 aliphatic rings. The number of aromatic nitrogens is 1. The number of aldehydes is 1. The fraction of sp³-hybridized carbons (Fsp3) is 0.250. The maximum absolute atomic E-state index is 12.2. The molecule has 1 aromatic heterocycles. The lowest BCUT2D eigenvalue weighted by Crippen LogP contribution is -2.29. The van der Waals surface area contributed by atoms with Gasteiger partial charge in [-0.15, -0.1) is 0 Å². The molecule has 0 aliphatic heterocycles. The van der Waals surface area contributed by atoms with Crippen molar-refractivity contribution in [2.75, 3.05) is 6.61 Å². The third kappa shape index (κ3) is 4.03. The van der Waals surface area contributed by atoms with Crippen LogP contribution in [-0.4, -0.2) is 28.9 Å². The molecule has 0 spiro atoms. The number of aromatic amines is 1. The van der Waals surface area contributed by atoms with Gasteiger partial charge < -0.3 is 15.4 Å². The Morgan fingerprint density at radius 2 is 2.00 bits per heavy atom. The van der Waals surface area contributed by atoms with Gasteiger partial charge in [-0.1, -0.05) is 30.3 Å². The molecule has 110 valence electrons. The Kier molecular flexibility index (Phi) is 5.29. The number of carbonyl (C=O) groups is 2. The van der Waals surface area contributed by atoms with E-state index < -0.39 is 0 Å². The molecule has 0 fully saturated rings. The van der Waals surface area contributed by atoms with E-state index in [9.17, 15) is 9.59 Å². The summed E-state index contributed by atoms with van der Waals surface area (Å²) in [6.45, 7) is 0.0804. The average molecular weight is 286 g/mol. The fourth-order valence-corrected chi connectivity index (χ4v) is 2.15. The number of hydrogen-bond acceptors (Lipinski definition) is 3. The fourth-order valence-electron chi connectivity index (χ4n) is 2.15. The molecule has 2 aromatic rings. The zero-order chi connectivity index (χ0) is 15.1. The second-order valence-electron chi connectivity index (χ2n) is 4.75. The van der Waals surface area contributed by atoms with Gasteiger partial charge in [0.05, 0.1) is 11.7 Å². The van der Waals surface area contributed by atoms with Crippen LogP contribution in [0.15, 0.2) is 42.5 Å². The molecule has 1 atom stereocenters. The maximum Gasteiger partial charge on any atom is 0.268 e. The minimum Gasteiger partial charge on any atom is -0.396 e. The van der Waals surface area contributed by atoms with E-state index in [-0.39, 0.29) is 18.6 Å². The molecule has 21 heavy (non-hydrogen) atoms. The molecule has 1 amide bonds. The molecule has 1 heterocycles. The van der Waals surface area contributed by atoms with Crippen LogP contribution in [0, 0.1) is 0 Å². The van der Waals surface area contributed by atoms with Crippen LogP contribution in [0.4, 0.5) is 0 Å². The van der Waals surface area contributed by atoms with E-state index in [2.05, 4.69) is 10.3 Å². The van der Waals surface area contributed by atoms with E-state index in [1.165, 1.54) is 0 Å². The molecule has 5 nitrogen and oxygen atoms in total. The highest BCUT2D eigenvalue weighted by Crippen LogP contribution is 2.18. The topological polar surface area (TPSA) is 82.2 Å².